The minimum Gasteiger partial charge on any atom is -0.376 e. The molecule has 0 radical (unpaired) electrons. The van der Waals surface area contributed by atoms with Gasteiger partial charge in [-0.25, -0.2) is 4.39 Å². The van der Waals surface area contributed by atoms with Gasteiger partial charge in [0.1, 0.15) is 5.82 Å². The fraction of sp³-hybridized carbons (Fsp3) is 0.562. The van der Waals surface area contributed by atoms with Gasteiger partial charge in [-0.05, 0) is 39.3 Å². The van der Waals surface area contributed by atoms with Crippen LogP contribution in [0.3, 0.4) is 0 Å². The topological polar surface area (TPSA) is 38.3 Å². The zero-order chi connectivity index (χ0) is 16.0. The van der Waals surface area contributed by atoms with E-state index in [1.165, 1.54) is 12.1 Å². The summed E-state index contributed by atoms with van der Waals surface area (Å²) in [6.45, 7) is 13.2. The summed E-state index contributed by atoms with van der Waals surface area (Å²) in [6, 6.07) is 5.98. The van der Waals surface area contributed by atoms with Crippen molar-refractivity contribution >= 4 is 12.1 Å². The molecule has 0 fully saturated rings. The quantitative estimate of drug-likeness (QED) is 0.819. The number of hydrogen-bond donors (Lipinski definition) is 1. The summed E-state index contributed by atoms with van der Waals surface area (Å²) in [5.41, 5.74) is 0.258. The average molecular weight is 285 g/mol. The van der Waals surface area contributed by atoms with E-state index in [1.807, 2.05) is 13.8 Å². The first-order valence-electron chi connectivity index (χ1n) is 6.99. The van der Waals surface area contributed by atoms with E-state index in [1.54, 1.807) is 12.1 Å². The number of amides is 1. The first kappa shape index (κ1) is 20.9. The molecule has 0 atom stereocenters. The Labute approximate surface area is 122 Å². The summed E-state index contributed by atoms with van der Waals surface area (Å²) in [5.74, 6) is -0.422. The van der Waals surface area contributed by atoms with Crippen molar-refractivity contribution < 1.29 is 13.9 Å². The van der Waals surface area contributed by atoms with Gasteiger partial charge in [-0.1, -0.05) is 32.9 Å². The van der Waals surface area contributed by atoms with Gasteiger partial charge in [0.05, 0.1) is 11.3 Å². The molecule has 1 N–H and O–H groups in total. The second-order valence-electron chi connectivity index (χ2n) is 4.70. The van der Waals surface area contributed by atoms with Crippen LogP contribution in [-0.4, -0.2) is 18.6 Å². The van der Waals surface area contributed by atoms with Crippen molar-refractivity contribution in [2.75, 3.05) is 11.9 Å². The highest BCUT2D eigenvalue weighted by Gasteiger charge is 2.07. The highest BCUT2D eigenvalue weighted by molar-refractivity contribution is 5.71. The number of carbonyl (C=O) groups is 1. The lowest BCUT2D eigenvalue weighted by Crippen LogP contribution is -2.19. The van der Waals surface area contributed by atoms with Crippen molar-refractivity contribution in [3.8, 4) is 0 Å². The number of carbonyl (C=O) groups excluding carboxylic acids is 1. The number of ether oxygens (including phenoxy) is 1. The standard InChI is InChI=1S/C7H6FNO.C7H16O.C2H6/c8-6-3-1-2-4-7(6)9-5-10;1-5-6-8-7(2,3)4;1-2/h1-5H,(H,9,10);5-6H2,1-4H3;1-2H3. The molecule has 0 aliphatic heterocycles. The Bertz CT molecular complexity index is 349. The second kappa shape index (κ2) is 12.6. The van der Waals surface area contributed by atoms with Gasteiger partial charge in [0.2, 0.25) is 6.41 Å². The van der Waals surface area contributed by atoms with E-state index in [0.717, 1.165) is 13.0 Å². The molecule has 1 amide bonds. The Morgan fingerprint density at radius 3 is 2.15 bits per heavy atom. The number of benzene rings is 1. The zero-order valence-electron chi connectivity index (χ0n) is 13.5. The molecular formula is C16H28FNO2. The van der Waals surface area contributed by atoms with Crippen LogP contribution >= 0.6 is 0 Å². The highest BCUT2D eigenvalue weighted by atomic mass is 19.1. The molecule has 0 saturated carbocycles. The summed E-state index contributed by atoms with van der Waals surface area (Å²) in [5, 5.41) is 2.22. The highest BCUT2D eigenvalue weighted by Crippen LogP contribution is 2.10. The van der Waals surface area contributed by atoms with Crippen LogP contribution in [0.5, 0.6) is 0 Å². The largest absolute Gasteiger partial charge is 0.376 e. The van der Waals surface area contributed by atoms with E-state index in [-0.39, 0.29) is 11.3 Å². The minimum absolute atomic E-state index is 0.0516. The van der Waals surface area contributed by atoms with Crippen molar-refractivity contribution in [3.63, 3.8) is 0 Å². The van der Waals surface area contributed by atoms with E-state index in [4.69, 9.17) is 4.74 Å². The molecule has 1 aromatic carbocycles. The Morgan fingerprint density at radius 1 is 1.25 bits per heavy atom. The Morgan fingerprint density at radius 2 is 1.80 bits per heavy atom. The number of halogens is 1. The number of para-hydroxylation sites is 1. The van der Waals surface area contributed by atoms with Crippen molar-refractivity contribution in [2.24, 2.45) is 0 Å². The first-order valence-corrected chi connectivity index (χ1v) is 6.99. The van der Waals surface area contributed by atoms with Gasteiger partial charge in [0.25, 0.3) is 0 Å². The number of hydrogen-bond acceptors (Lipinski definition) is 2. The second-order valence-corrected chi connectivity index (χ2v) is 4.70. The SMILES string of the molecule is CC.CCCOC(C)(C)C.O=CNc1ccccc1F. The summed E-state index contributed by atoms with van der Waals surface area (Å²) < 4.78 is 17.9. The molecule has 1 aromatic rings. The zero-order valence-corrected chi connectivity index (χ0v) is 13.5. The summed E-state index contributed by atoms with van der Waals surface area (Å²) in [7, 11) is 0. The monoisotopic (exact) mass is 285 g/mol. The van der Waals surface area contributed by atoms with Crippen LogP contribution in [0, 0.1) is 5.82 Å². The van der Waals surface area contributed by atoms with E-state index in [0.29, 0.717) is 6.41 Å². The predicted octanol–water partition coefficient (Wildman–Crippen LogP) is 4.63. The Hall–Kier alpha value is -1.42. The van der Waals surface area contributed by atoms with Gasteiger partial charge in [-0.2, -0.15) is 0 Å². The van der Waals surface area contributed by atoms with Crippen molar-refractivity contribution in [1.29, 1.82) is 0 Å². The molecule has 4 heteroatoms. The number of rotatable bonds is 4. The predicted molar refractivity (Wildman–Crippen MR) is 83.4 cm³/mol. The Balaban J connectivity index is 0. The molecule has 0 saturated heterocycles. The van der Waals surface area contributed by atoms with Crippen molar-refractivity contribution in [2.45, 2.75) is 53.6 Å². The average Bonchev–Trinajstić information content (AvgIpc) is 2.42. The summed E-state index contributed by atoms with van der Waals surface area (Å²) >= 11 is 0. The lowest BCUT2D eigenvalue weighted by molar-refractivity contribution is -0.105. The van der Waals surface area contributed by atoms with E-state index < -0.39 is 5.82 Å². The van der Waals surface area contributed by atoms with Crippen molar-refractivity contribution in [1.82, 2.24) is 0 Å². The minimum atomic E-state index is -0.422. The van der Waals surface area contributed by atoms with Crippen LogP contribution in [0.4, 0.5) is 10.1 Å². The van der Waals surface area contributed by atoms with Crippen LogP contribution in [0.15, 0.2) is 24.3 Å². The molecule has 0 heterocycles. The third-order valence-electron chi connectivity index (χ3n) is 1.83. The van der Waals surface area contributed by atoms with E-state index >= 15 is 0 Å². The van der Waals surface area contributed by atoms with Gasteiger partial charge in [0, 0.05) is 6.61 Å². The molecule has 1 rings (SSSR count). The summed E-state index contributed by atoms with van der Waals surface area (Å²) in [6.07, 6.45) is 1.55. The van der Waals surface area contributed by atoms with Crippen LogP contribution in [0.2, 0.25) is 0 Å². The third kappa shape index (κ3) is 13.0. The van der Waals surface area contributed by atoms with E-state index in [2.05, 4.69) is 33.0 Å². The molecule has 3 nitrogen and oxygen atoms in total. The molecular weight excluding hydrogens is 257 g/mol. The molecule has 0 aromatic heterocycles. The maximum absolute atomic E-state index is 12.6. The lowest BCUT2D eigenvalue weighted by Gasteiger charge is -2.18. The summed E-state index contributed by atoms with van der Waals surface area (Å²) in [4.78, 5) is 9.85. The van der Waals surface area contributed by atoms with Gasteiger partial charge in [-0.15, -0.1) is 0 Å². The van der Waals surface area contributed by atoms with Crippen LogP contribution in [0.1, 0.15) is 48.0 Å². The van der Waals surface area contributed by atoms with Crippen LogP contribution in [0.25, 0.3) is 0 Å². The normalized spacial score (nSPS) is 9.55. The molecule has 116 valence electrons. The van der Waals surface area contributed by atoms with Gasteiger partial charge in [0.15, 0.2) is 0 Å². The lowest BCUT2D eigenvalue weighted by atomic mass is 10.2. The van der Waals surface area contributed by atoms with Crippen LogP contribution in [-0.2, 0) is 9.53 Å². The maximum Gasteiger partial charge on any atom is 0.211 e. The van der Waals surface area contributed by atoms with Gasteiger partial charge < -0.3 is 10.1 Å². The van der Waals surface area contributed by atoms with Gasteiger partial charge in [-0.3, -0.25) is 4.79 Å². The maximum atomic E-state index is 12.6. The van der Waals surface area contributed by atoms with Crippen LogP contribution < -0.4 is 5.32 Å². The van der Waals surface area contributed by atoms with Crippen molar-refractivity contribution in [3.05, 3.63) is 30.1 Å². The fourth-order valence-electron chi connectivity index (χ4n) is 1.05. The molecule has 0 spiro atoms. The third-order valence-corrected chi connectivity index (χ3v) is 1.83. The van der Waals surface area contributed by atoms with Gasteiger partial charge >= 0.3 is 0 Å². The first-order chi connectivity index (χ1) is 9.40. The number of nitrogens with one attached hydrogen (secondary N) is 1. The smallest absolute Gasteiger partial charge is 0.211 e. The molecule has 20 heavy (non-hydrogen) atoms. The number of anilines is 1. The fourth-order valence-corrected chi connectivity index (χ4v) is 1.05. The molecule has 0 aliphatic rings. The molecule has 0 unspecified atom stereocenters. The van der Waals surface area contributed by atoms with E-state index in [9.17, 15) is 9.18 Å². The Kier molecular flexibility index (Phi) is 13.2. The molecule has 0 bridgehead atoms. The molecule has 0 aliphatic carbocycles.